The SMILES string of the molecule is O=C(NCc1ncc(C(F)(F)F)cc1Cl)c1ccc(-c2noc(C(F)(F)F)n2)cc1F. The first-order valence-corrected chi connectivity index (χ1v) is 8.44. The Morgan fingerprint density at radius 2 is 1.81 bits per heavy atom. The summed E-state index contributed by atoms with van der Waals surface area (Å²) in [5, 5.41) is 4.98. The van der Waals surface area contributed by atoms with Crippen molar-refractivity contribution in [1.82, 2.24) is 20.4 Å². The molecule has 0 unspecified atom stereocenters. The van der Waals surface area contributed by atoms with Crippen molar-refractivity contribution >= 4 is 17.5 Å². The Morgan fingerprint density at radius 1 is 1.10 bits per heavy atom. The van der Waals surface area contributed by atoms with Crippen LogP contribution in [0.25, 0.3) is 11.4 Å². The molecule has 14 heteroatoms. The summed E-state index contributed by atoms with van der Waals surface area (Å²) in [5.41, 5.74) is -1.84. The summed E-state index contributed by atoms with van der Waals surface area (Å²) in [7, 11) is 0. The van der Waals surface area contributed by atoms with E-state index in [-0.39, 0.29) is 16.3 Å². The maximum absolute atomic E-state index is 14.3. The molecular weight excluding hydrogens is 461 g/mol. The summed E-state index contributed by atoms with van der Waals surface area (Å²) in [6, 6.07) is 3.41. The highest BCUT2D eigenvalue weighted by Crippen LogP contribution is 2.31. The Hall–Kier alpha value is -3.22. The van der Waals surface area contributed by atoms with Crippen LogP contribution < -0.4 is 5.32 Å². The number of hydrogen-bond acceptors (Lipinski definition) is 5. The van der Waals surface area contributed by atoms with Gasteiger partial charge in [0.25, 0.3) is 5.91 Å². The zero-order chi connectivity index (χ0) is 23.0. The highest BCUT2D eigenvalue weighted by molar-refractivity contribution is 6.31. The second kappa shape index (κ2) is 8.13. The van der Waals surface area contributed by atoms with Crippen molar-refractivity contribution in [3.8, 4) is 11.4 Å². The van der Waals surface area contributed by atoms with Gasteiger partial charge >= 0.3 is 18.2 Å². The monoisotopic (exact) mass is 468 g/mol. The number of nitrogens with zero attached hydrogens (tertiary/aromatic N) is 3. The van der Waals surface area contributed by atoms with Gasteiger partial charge in [0.15, 0.2) is 0 Å². The molecule has 0 bridgehead atoms. The molecule has 1 amide bonds. The van der Waals surface area contributed by atoms with Crippen molar-refractivity contribution in [2.24, 2.45) is 0 Å². The van der Waals surface area contributed by atoms with Crippen LogP contribution in [-0.2, 0) is 18.9 Å². The summed E-state index contributed by atoms with van der Waals surface area (Å²) in [6.07, 6.45) is -9.00. The van der Waals surface area contributed by atoms with Crippen molar-refractivity contribution in [2.75, 3.05) is 0 Å². The highest BCUT2D eigenvalue weighted by Gasteiger charge is 2.38. The third-order valence-corrected chi connectivity index (χ3v) is 4.13. The Labute approximate surface area is 173 Å². The smallest absolute Gasteiger partial charge is 0.346 e. The zero-order valence-electron chi connectivity index (χ0n) is 14.8. The first kappa shape index (κ1) is 22.5. The Bertz CT molecular complexity index is 1130. The van der Waals surface area contributed by atoms with Gasteiger partial charge < -0.3 is 9.84 Å². The van der Waals surface area contributed by atoms with E-state index < -0.39 is 53.5 Å². The first-order chi connectivity index (χ1) is 14.4. The molecule has 0 aliphatic heterocycles. The Morgan fingerprint density at radius 3 is 2.35 bits per heavy atom. The minimum Gasteiger partial charge on any atom is -0.346 e. The lowest BCUT2D eigenvalue weighted by molar-refractivity contribution is -0.159. The number of alkyl halides is 6. The number of aromatic nitrogens is 3. The van der Waals surface area contributed by atoms with Crippen LogP contribution in [0.15, 0.2) is 35.0 Å². The normalized spacial score (nSPS) is 12.1. The fourth-order valence-electron chi connectivity index (χ4n) is 2.30. The molecule has 0 spiro atoms. The number of carbonyl (C=O) groups is 1. The molecule has 0 fully saturated rings. The number of rotatable bonds is 4. The minimum absolute atomic E-state index is 0.0912. The van der Waals surface area contributed by atoms with Crippen LogP contribution in [0, 0.1) is 5.82 Å². The van der Waals surface area contributed by atoms with Crippen molar-refractivity contribution < 1.29 is 40.1 Å². The molecule has 0 aliphatic carbocycles. The number of pyridine rings is 1. The van der Waals surface area contributed by atoms with E-state index in [0.29, 0.717) is 12.3 Å². The lowest BCUT2D eigenvalue weighted by Crippen LogP contribution is -2.24. The molecule has 0 saturated heterocycles. The van der Waals surface area contributed by atoms with Gasteiger partial charge in [0.2, 0.25) is 5.82 Å². The van der Waals surface area contributed by atoms with Crippen molar-refractivity contribution in [1.29, 1.82) is 0 Å². The lowest BCUT2D eigenvalue weighted by atomic mass is 10.1. The van der Waals surface area contributed by atoms with Gasteiger partial charge in [-0.2, -0.15) is 31.3 Å². The predicted octanol–water partition coefficient (Wildman–Crippen LogP) is 4.89. The predicted molar refractivity (Wildman–Crippen MR) is 90.1 cm³/mol. The van der Waals surface area contributed by atoms with E-state index in [9.17, 15) is 35.5 Å². The molecule has 0 saturated carbocycles. The molecule has 31 heavy (non-hydrogen) atoms. The molecule has 6 nitrogen and oxygen atoms in total. The summed E-state index contributed by atoms with van der Waals surface area (Å²) in [4.78, 5) is 18.8. The van der Waals surface area contributed by atoms with E-state index in [1.165, 1.54) is 0 Å². The second-order valence-corrected chi connectivity index (χ2v) is 6.36. The summed E-state index contributed by atoms with van der Waals surface area (Å²) in [6.45, 7) is -0.406. The maximum atomic E-state index is 14.3. The van der Waals surface area contributed by atoms with Crippen molar-refractivity contribution in [3.05, 3.63) is 64.0 Å². The van der Waals surface area contributed by atoms with E-state index in [2.05, 4.69) is 25.0 Å². The van der Waals surface area contributed by atoms with Crippen LogP contribution in [0.1, 0.15) is 27.5 Å². The third-order valence-electron chi connectivity index (χ3n) is 3.80. The second-order valence-electron chi connectivity index (χ2n) is 5.95. The average Bonchev–Trinajstić information content (AvgIpc) is 3.16. The van der Waals surface area contributed by atoms with E-state index >= 15 is 0 Å². The van der Waals surface area contributed by atoms with Gasteiger partial charge in [0.1, 0.15) is 5.82 Å². The number of benzene rings is 1. The van der Waals surface area contributed by atoms with E-state index in [4.69, 9.17) is 11.6 Å². The van der Waals surface area contributed by atoms with Crippen molar-refractivity contribution in [3.63, 3.8) is 0 Å². The summed E-state index contributed by atoms with van der Waals surface area (Å²) in [5.74, 6) is -4.24. The molecule has 164 valence electrons. The zero-order valence-corrected chi connectivity index (χ0v) is 15.5. The van der Waals surface area contributed by atoms with Gasteiger partial charge in [0.05, 0.1) is 28.4 Å². The average molecular weight is 469 g/mol. The molecular formula is C17H8ClF7N4O2. The van der Waals surface area contributed by atoms with Crippen LogP contribution in [0.2, 0.25) is 5.02 Å². The van der Waals surface area contributed by atoms with Gasteiger partial charge in [-0.25, -0.2) is 4.39 Å². The number of halogens is 8. The summed E-state index contributed by atoms with van der Waals surface area (Å²) < 4.78 is 93.7. The van der Waals surface area contributed by atoms with Gasteiger partial charge in [0, 0.05) is 11.8 Å². The molecule has 0 radical (unpaired) electrons. The van der Waals surface area contributed by atoms with E-state index in [0.717, 1.165) is 18.2 Å². The van der Waals surface area contributed by atoms with Gasteiger partial charge in [-0.15, -0.1) is 0 Å². The molecule has 2 aromatic heterocycles. The lowest BCUT2D eigenvalue weighted by Gasteiger charge is -2.10. The van der Waals surface area contributed by atoms with E-state index in [1.807, 2.05) is 0 Å². The van der Waals surface area contributed by atoms with Crippen molar-refractivity contribution in [2.45, 2.75) is 18.9 Å². The fraction of sp³-hybridized carbons (Fsp3) is 0.176. The number of hydrogen-bond donors (Lipinski definition) is 1. The topological polar surface area (TPSA) is 80.9 Å². The third kappa shape index (κ3) is 5.10. The number of amides is 1. The quantitative estimate of drug-likeness (QED) is 0.551. The number of carbonyl (C=O) groups excluding carboxylic acids is 1. The number of nitrogens with one attached hydrogen (secondary N) is 1. The largest absolute Gasteiger partial charge is 0.471 e. The van der Waals surface area contributed by atoms with E-state index in [1.54, 1.807) is 0 Å². The Balaban J connectivity index is 1.72. The van der Waals surface area contributed by atoms with Gasteiger partial charge in [-0.3, -0.25) is 9.78 Å². The molecule has 0 aliphatic rings. The molecule has 3 rings (SSSR count). The minimum atomic E-state index is -4.88. The highest BCUT2D eigenvalue weighted by atomic mass is 35.5. The van der Waals surface area contributed by atoms with Crippen LogP contribution >= 0.6 is 11.6 Å². The summed E-state index contributed by atoms with van der Waals surface area (Å²) >= 11 is 5.73. The molecule has 3 aromatic rings. The Kier molecular flexibility index (Phi) is 5.89. The van der Waals surface area contributed by atoms with Crippen LogP contribution in [0.4, 0.5) is 30.7 Å². The molecule has 1 N–H and O–H groups in total. The van der Waals surface area contributed by atoms with Gasteiger partial charge in [-0.05, 0) is 18.2 Å². The van der Waals surface area contributed by atoms with Crippen LogP contribution in [0.5, 0.6) is 0 Å². The molecule has 2 heterocycles. The maximum Gasteiger partial charge on any atom is 0.471 e. The standard InChI is InChI=1S/C17H8ClF7N4O2/c18-10-4-8(16(20,21)22)5-26-12(10)6-27-14(30)9-2-1-7(3-11(9)19)13-28-15(31-29-13)17(23,24)25/h1-5H,6H2,(H,27,30). The molecule has 1 aromatic carbocycles. The van der Waals surface area contributed by atoms with Crippen LogP contribution in [0.3, 0.4) is 0 Å². The van der Waals surface area contributed by atoms with Crippen LogP contribution in [-0.4, -0.2) is 21.0 Å². The molecule has 0 atom stereocenters. The fourth-order valence-corrected chi connectivity index (χ4v) is 2.54. The first-order valence-electron chi connectivity index (χ1n) is 8.07. The van der Waals surface area contributed by atoms with Gasteiger partial charge in [-0.1, -0.05) is 22.8 Å².